The third-order valence-electron chi connectivity index (χ3n) is 1.32. The molecule has 0 amide bonds. The summed E-state index contributed by atoms with van der Waals surface area (Å²) in [5.41, 5.74) is 0.836. The monoisotopic (exact) mass is 220 g/mol. The molecule has 0 radical (unpaired) electrons. The highest BCUT2D eigenvalue weighted by Gasteiger charge is 2.02. The van der Waals surface area contributed by atoms with Gasteiger partial charge < -0.3 is 0 Å². The summed E-state index contributed by atoms with van der Waals surface area (Å²) in [5, 5.41) is 0. The van der Waals surface area contributed by atoms with E-state index in [0.29, 0.717) is 4.90 Å². The van der Waals surface area contributed by atoms with Crippen LogP contribution in [0.25, 0.3) is 0 Å². The van der Waals surface area contributed by atoms with Crippen LogP contribution >= 0.6 is 28.6 Å². The summed E-state index contributed by atoms with van der Waals surface area (Å²) >= 11 is 7.24. The molecule has 54 valence electrons. The van der Waals surface area contributed by atoms with E-state index in [-0.39, 0.29) is 5.82 Å². The molecule has 0 saturated heterocycles. The van der Waals surface area contributed by atoms with E-state index in [9.17, 15) is 4.39 Å². The Morgan fingerprint density at radius 1 is 1.50 bits per heavy atom. The third kappa shape index (κ3) is 1.35. The van der Waals surface area contributed by atoms with Crippen LogP contribution in [0.15, 0.2) is 21.5 Å². The van der Waals surface area contributed by atoms with Crippen molar-refractivity contribution in [3.8, 4) is 0 Å². The van der Waals surface area contributed by atoms with Crippen molar-refractivity contribution in [1.29, 1.82) is 0 Å². The molecule has 0 aliphatic rings. The van der Waals surface area contributed by atoms with Crippen LogP contribution in [0.4, 0.5) is 4.39 Å². The van der Waals surface area contributed by atoms with Gasteiger partial charge in [0.1, 0.15) is 5.82 Å². The Hall–Kier alpha value is -0.0200. The lowest BCUT2D eigenvalue weighted by molar-refractivity contribution is 0.599. The Morgan fingerprint density at radius 2 is 2.10 bits per heavy atom. The molecular weight excluding hydrogens is 215 g/mol. The molecule has 0 bridgehead atoms. The Balaban J connectivity index is 3.34. The average Bonchev–Trinajstić information content (AvgIpc) is 1.93. The van der Waals surface area contributed by atoms with Gasteiger partial charge in [-0.3, -0.25) is 0 Å². The molecule has 0 atom stereocenters. The fourth-order valence-electron chi connectivity index (χ4n) is 0.642. The van der Waals surface area contributed by atoms with Crippen LogP contribution in [-0.2, 0) is 0 Å². The second-order valence-electron chi connectivity index (χ2n) is 2.00. The van der Waals surface area contributed by atoms with E-state index in [1.165, 1.54) is 6.07 Å². The summed E-state index contributed by atoms with van der Waals surface area (Å²) in [5.74, 6) is -0.274. The zero-order valence-electron chi connectivity index (χ0n) is 5.36. The molecule has 1 rings (SSSR count). The van der Waals surface area contributed by atoms with Crippen molar-refractivity contribution in [2.45, 2.75) is 11.8 Å². The number of halogens is 2. The number of hydrogen-bond acceptors (Lipinski definition) is 1. The van der Waals surface area contributed by atoms with Gasteiger partial charge in [-0.1, -0.05) is 15.9 Å². The van der Waals surface area contributed by atoms with Crippen molar-refractivity contribution in [2.75, 3.05) is 0 Å². The largest absolute Gasteiger partial charge is 0.206 e. The van der Waals surface area contributed by atoms with E-state index >= 15 is 0 Å². The van der Waals surface area contributed by atoms with E-state index in [4.69, 9.17) is 0 Å². The van der Waals surface area contributed by atoms with Crippen molar-refractivity contribution in [2.24, 2.45) is 0 Å². The first-order chi connectivity index (χ1) is 4.63. The molecule has 0 N–H and O–H groups in total. The molecular formula is C7H6BrFS. The maximum Gasteiger partial charge on any atom is 0.136 e. The maximum atomic E-state index is 12.7. The third-order valence-corrected chi connectivity index (χ3v) is 2.72. The van der Waals surface area contributed by atoms with E-state index in [1.807, 2.05) is 6.92 Å². The lowest BCUT2D eigenvalue weighted by atomic mass is 10.2. The van der Waals surface area contributed by atoms with Crippen LogP contribution in [0.2, 0.25) is 0 Å². The van der Waals surface area contributed by atoms with Crippen molar-refractivity contribution >= 4 is 28.6 Å². The van der Waals surface area contributed by atoms with Crippen LogP contribution in [0, 0.1) is 12.7 Å². The molecule has 0 aliphatic carbocycles. The lowest BCUT2D eigenvalue weighted by Gasteiger charge is -2.01. The zero-order chi connectivity index (χ0) is 7.72. The molecule has 0 spiro atoms. The van der Waals surface area contributed by atoms with Gasteiger partial charge >= 0.3 is 0 Å². The van der Waals surface area contributed by atoms with Crippen LogP contribution in [0.3, 0.4) is 0 Å². The molecule has 0 unspecified atom stereocenters. The van der Waals surface area contributed by atoms with Crippen LogP contribution < -0.4 is 0 Å². The Labute approximate surface area is 73.0 Å². The lowest BCUT2D eigenvalue weighted by Crippen LogP contribution is -1.83. The van der Waals surface area contributed by atoms with E-state index in [0.717, 1.165) is 10.0 Å². The van der Waals surface area contributed by atoms with Gasteiger partial charge in [-0.2, -0.15) is 0 Å². The van der Waals surface area contributed by atoms with Gasteiger partial charge in [0, 0.05) is 9.37 Å². The van der Waals surface area contributed by atoms with Gasteiger partial charge in [-0.25, -0.2) is 4.39 Å². The normalized spacial score (nSPS) is 10.0. The zero-order valence-corrected chi connectivity index (χ0v) is 7.84. The minimum absolute atomic E-state index is 0.274. The van der Waals surface area contributed by atoms with Gasteiger partial charge in [0.2, 0.25) is 0 Å². The van der Waals surface area contributed by atoms with Gasteiger partial charge in [0.25, 0.3) is 0 Å². The molecule has 0 aromatic heterocycles. The molecule has 0 saturated carbocycles. The van der Waals surface area contributed by atoms with Crippen molar-refractivity contribution in [3.05, 3.63) is 28.0 Å². The summed E-state index contributed by atoms with van der Waals surface area (Å²) in [6.07, 6.45) is 0. The molecule has 0 aliphatic heterocycles. The van der Waals surface area contributed by atoms with E-state index < -0.39 is 0 Å². The quantitative estimate of drug-likeness (QED) is 0.639. The Bertz CT molecular complexity index is 233. The second kappa shape index (κ2) is 2.93. The Kier molecular flexibility index (Phi) is 2.36. The van der Waals surface area contributed by atoms with Crippen molar-refractivity contribution < 1.29 is 4.39 Å². The number of rotatable bonds is 0. The summed E-state index contributed by atoms with van der Waals surface area (Å²) < 4.78 is 13.6. The number of hydrogen-bond donors (Lipinski definition) is 1. The average molecular weight is 221 g/mol. The molecule has 10 heavy (non-hydrogen) atoms. The highest BCUT2D eigenvalue weighted by Crippen LogP contribution is 2.24. The summed E-state index contributed by atoms with van der Waals surface area (Å²) in [6.45, 7) is 1.81. The summed E-state index contributed by atoms with van der Waals surface area (Å²) in [4.78, 5) is 0.411. The fraction of sp³-hybridized carbons (Fsp3) is 0.143. The molecule has 1 aromatic rings. The first kappa shape index (κ1) is 8.08. The van der Waals surface area contributed by atoms with Gasteiger partial charge in [-0.05, 0) is 24.6 Å². The van der Waals surface area contributed by atoms with E-state index in [1.54, 1.807) is 6.07 Å². The predicted molar refractivity (Wildman–Crippen MR) is 46.1 cm³/mol. The maximum absolute atomic E-state index is 12.7. The summed E-state index contributed by atoms with van der Waals surface area (Å²) in [7, 11) is 0. The minimum atomic E-state index is -0.274. The smallest absolute Gasteiger partial charge is 0.136 e. The fourth-order valence-corrected chi connectivity index (χ4v) is 1.32. The standard InChI is InChI=1S/C7H6BrFS/c1-4-5(8)2-3-6(9)7(4)10/h2-3,10H,1H3. The van der Waals surface area contributed by atoms with Crippen LogP contribution in [0.5, 0.6) is 0 Å². The highest BCUT2D eigenvalue weighted by molar-refractivity contribution is 9.10. The molecule has 3 heteroatoms. The number of benzene rings is 1. The van der Waals surface area contributed by atoms with Crippen LogP contribution in [-0.4, -0.2) is 0 Å². The first-order valence-corrected chi connectivity index (χ1v) is 4.00. The van der Waals surface area contributed by atoms with Crippen LogP contribution in [0.1, 0.15) is 5.56 Å². The highest BCUT2D eigenvalue weighted by atomic mass is 79.9. The van der Waals surface area contributed by atoms with Gasteiger partial charge in [0.15, 0.2) is 0 Å². The molecule has 0 nitrogen and oxygen atoms in total. The van der Waals surface area contributed by atoms with Gasteiger partial charge in [-0.15, -0.1) is 12.6 Å². The number of thiol groups is 1. The predicted octanol–water partition coefficient (Wildman–Crippen LogP) is 3.19. The molecule has 0 heterocycles. The molecule has 1 aromatic carbocycles. The molecule has 0 fully saturated rings. The SMILES string of the molecule is Cc1c(Br)ccc(F)c1S. The summed E-state index contributed by atoms with van der Waals surface area (Å²) in [6, 6.07) is 3.06. The van der Waals surface area contributed by atoms with Gasteiger partial charge in [0.05, 0.1) is 0 Å². The topological polar surface area (TPSA) is 0 Å². The Morgan fingerprint density at radius 3 is 2.60 bits per heavy atom. The van der Waals surface area contributed by atoms with E-state index in [2.05, 4.69) is 28.6 Å². The minimum Gasteiger partial charge on any atom is -0.206 e. The van der Waals surface area contributed by atoms with Crippen molar-refractivity contribution in [3.63, 3.8) is 0 Å². The van der Waals surface area contributed by atoms with Crippen molar-refractivity contribution in [1.82, 2.24) is 0 Å². The first-order valence-electron chi connectivity index (χ1n) is 2.76. The second-order valence-corrected chi connectivity index (χ2v) is 3.30.